The molecular weight excluding hydrogens is 214 g/mol. The summed E-state index contributed by atoms with van der Waals surface area (Å²) in [6.07, 6.45) is 2.54. The molecule has 0 bridgehead atoms. The number of nitrogens with one attached hydrogen (secondary N) is 1. The molecule has 0 aliphatic heterocycles. The molecule has 0 aliphatic carbocycles. The third kappa shape index (κ3) is 4.88. The van der Waals surface area contributed by atoms with Gasteiger partial charge in [0.2, 0.25) is 0 Å². The van der Waals surface area contributed by atoms with Crippen molar-refractivity contribution in [2.45, 2.75) is 45.6 Å². The van der Waals surface area contributed by atoms with E-state index < -0.39 is 5.60 Å². The second kappa shape index (κ2) is 6.17. The lowest BCUT2D eigenvalue weighted by atomic mass is 9.96. The zero-order chi connectivity index (χ0) is 12.9. The quantitative estimate of drug-likeness (QED) is 0.707. The largest absolute Gasteiger partial charge is 0.390 e. The van der Waals surface area contributed by atoms with Crippen molar-refractivity contribution < 1.29 is 5.11 Å². The van der Waals surface area contributed by atoms with E-state index in [0.29, 0.717) is 6.42 Å². The van der Waals surface area contributed by atoms with Gasteiger partial charge in [0.1, 0.15) is 0 Å². The highest BCUT2D eigenvalue weighted by Crippen LogP contribution is 2.16. The maximum Gasteiger partial charge on any atom is 0.0686 e. The van der Waals surface area contributed by atoms with Crippen LogP contribution in [0.5, 0.6) is 0 Å². The first-order valence-electron chi connectivity index (χ1n) is 6.37. The Hall–Kier alpha value is -0.870. The topological polar surface area (TPSA) is 50.1 Å². The predicted molar refractivity (Wildman–Crippen MR) is 70.1 cm³/mol. The Morgan fingerprint density at radius 1 is 1.47 bits per heavy atom. The maximum absolute atomic E-state index is 10.3. The van der Waals surface area contributed by atoms with Crippen molar-refractivity contribution in [3.8, 4) is 0 Å². The van der Waals surface area contributed by atoms with Crippen molar-refractivity contribution in [3.63, 3.8) is 0 Å². The second-order valence-electron chi connectivity index (χ2n) is 5.07. The fraction of sp³-hybridized carbons (Fsp3) is 0.769. The summed E-state index contributed by atoms with van der Waals surface area (Å²) in [6, 6.07) is 2.04. The Bertz CT molecular complexity index is 344. The molecule has 4 nitrogen and oxygen atoms in total. The van der Waals surface area contributed by atoms with Crippen LogP contribution in [-0.4, -0.2) is 33.6 Å². The van der Waals surface area contributed by atoms with Crippen molar-refractivity contribution >= 4 is 0 Å². The Morgan fingerprint density at radius 3 is 2.71 bits per heavy atom. The van der Waals surface area contributed by atoms with Gasteiger partial charge in [0.05, 0.1) is 11.3 Å². The highest BCUT2D eigenvalue weighted by atomic mass is 16.3. The van der Waals surface area contributed by atoms with Crippen LogP contribution in [0.3, 0.4) is 0 Å². The average Bonchev–Trinajstić information content (AvgIpc) is 2.52. The molecule has 1 aromatic rings. The van der Waals surface area contributed by atoms with Gasteiger partial charge in [-0.25, -0.2) is 0 Å². The smallest absolute Gasteiger partial charge is 0.0686 e. The molecule has 0 spiro atoms. The second-order valence-corrected chi connectivity index (χ2v) is 5.07. The van der Waals surface area contributed by atoms with Crippen LogP contribution < -0.4 is 5.32 Å². The average molecular weight is 239 g/mol. The molecule has 0 aromatic carbocycles. The number of aryl methyl sites for hydroxylation is 2. The van der Waals surface area contributed by atoms with E-state index in [-0.39, 0.29) is 0 Å². The van der Waals surface area contributed by atoms with Gasteiger partial charge in [-0.1, -0.05) is 6.92 Å². The third-order valence-corrected chi connectivity index (χ3v) is 2.93. The molecule has 2 N–H and O–H groups in total. The zero-order valence-corrected chi connectivity index (χ0v) is 11.5. The molecule has 0 aliphatic rings. The highest BCUT2D eigenvalue weighted by Gasteiger charge is 2.22. The molecule has 1 unspecified atom stereocenters. The summed E-state index contributed by atoms with van der Waals surface area (Å²) in [5.74, 6) is 0. The number of aliphatic hydroxyl groups is 1. The molecule has 1 aromatic heterocycles. The van der Waals surface area contributed by atoms with E-state index >= 15 is 0 Å². The van der Waals surface area contributed by atoms with Gasteiger partial charge in [-0.05, 0) is 45.8 Å². The van der Waals surface area contributed by atoms with Gasteiger partial charge in [-0.3, -0.25) is 4.68 Å². The van der Waals surface area contributed by atoms with Crippen LogP contribution in [0.1, 0.15) is 38.1 Å². The number of hydrogen-bond donors (Lipinski definition) is 2. The first-order chi connectivity index (χ1) is 7.94. The summed E-state index contributed by atoms with van der Waals surface area (Å²) in [5.41, 5.74) is 1.42. The maximum atomic E-state index is 10.3. The van der Waals surface area contributed by atoms with Crippen molar-refractivity contribution in [3.05, 3.63) is 17.5 Å². The van der Waals surface area contributed by atoms with Gasteiger partial charge in [-0.15, -0.1) is 0 Å². The molecule has 1 rings (SSSR count). The lowest BCUT2D eigenvalue weighted by molar-refractivity contribution is 0.0497. The highest BCUT2D eigenvalue weighted by molar-refractivity contribution is 5.11. The van der Waals surface area contributed by atoms with Crippen LogP contribution in [0, 0.1) is 6.92 Å². The fourth-order valence-electron chi connectivity index (χ4n) is 1.97. The fourth-order valence-corrected chi connectivity index (χ4v) is 1.97. The summed E-state index contributed by atoms with van der Waals surface area (Å²) in [6.45, 7) is 7.88. The standard InChI is InChI=1S/C13H25N3O/c1-5-7-14-8-6-13(3,17)10-12-9-11(2)15-16(12)4/h9,14,17H,5-8,10H2,1-4H3. The van der Waals surface area contributed by atoms with E-state index in [1.165, 1.54) is 0 Å². The normalized spacial score (nSPS) is 14.9. The summed E-state index contributed by atoms with van der Waals surface area (Å²) < 4.78 is 1.85. The van der Waals surface area contributed by atoms with Crippen LogP contribution in [0.4, 0.5) is 0 Å². The molecular formula is C13H25N3O. The van der Waals surface area contributed by atoms with Crippen LogP contribution in [0.2, 0.25) is 0 Å². The first-order valence-corrected chi connectivity index (χ1v) is 6.37. The molecule has 0 radical (unpaired) electrons. The summed E-state index contributed by atoms with van der Waals surface area (Å²) in [4.78, 5) is 0. The molecule has 0 amide bonds. The predicted octanol–water partition coefficient (Wildman–Crippen LogP) is 1.41. The Balaban J connectivity index is 2.45. The van der Waals surface area contributed by atoms with Crippen LogP contribution in [0.15, 0.2) is 6.07 Å². The molecule has 0 saturated heterocycles. The van der Waals surface area contributed by atoms with Crippen LogP contribution >= 0.6 is 0 Å². The Labute approximate surface area is 104 Å². The number of rotatable bonds is 7. The van der Waals surface area contributed by atoms with E-state index in [1.807, 2.05) is 31.6 Å². The van der Waals surface area contributed by atoms with Gasteiger partial charge in [0.15, 0.2) is 0 Å². The van der Waals surface area contributed by atoms with Crippen molar-refractivity contribution in [1.82, 2.24) is 15.1 Å². The van der Waals surface area contributed by atoms with Crippen molar-refractivity contribution in [2.75, 3.05) is 13.1 Å². The van der Waals surface area contributed by atoms with E-state index in [1.54, 1.807) is 0 Å². The number of nitrogens with zero attached hydrogens (tertiary/aromatic N) is 2. The van der Waals surface area contributed by atoms with E-state index in [9.17, 15) is 5.11 Å². The van der Waals surface area contributed by atoms with Gasteiger partial charge >= 0.3 is 0 Å². The molecule has 98 valence electrons. The molecule has 17 heavy (non-hydrogen) atoms. The lowest BCUT2D eigenvalue weighted by Crippen LogP contribution is -2.33. The van der Waals surface area contributed by atoms with Gasteiger partial charge in [0, 0.05) is 19.2 Å². The molecule has 0 fully saturated rings. The number of hydrogen-bond acceptors (Lipinski definition) is 3. The molecule has 1 atom stereocenters. The molecule has 4 heteroatoms. The third-order valence-electron chi connectivity index (χ3n) is 2.93. The minimum absolute atomic E-state index is 0.651. The summed E-state index contributed by atoms with van der Waals surface area (Å²) >= 11 is 0. The molecule has 0 saturated carbocycles. The summed E-state index contributed by atoms with van der Waals surface area (Å²) in [7, 11) is 1.92. The van der Waals surface area contributed by atoms with Gasteiger partial charge in [0.25, 0.3) is 0 Å². The van der Waals surface area contributed by atoms with E-state index in [4.69, 9.17) is 0 Å². The van der Waals surface area contributed by atoms with Crippen LogP contribution in [0.25, 0.3) is 0 Å². The minimum Gasteiger partial charge on any atom is -0.390 e. The monoisotopic (exact) mass is 239 g/mol. The van der Waals surface area contributed by atoms with E-state index in [2.05, 4.69) is 17.3 Å². The van der Waals surface area contributed by atoms with E-state index in [0.717, 1.165) is 37.3 Å². The molecule has 1 heterocycles. The zero-order valence-electron chi connectivity index (χ0n) is 11.5. The minimum atomic E-state index is -0.666. The van der Waals surface area contributed by atoms with Crippen molar-refractivity contribution in [2.24, 2.45) is 7.05 Å². The van der Waals surface area contributed by atoms with Crippen LogP contribution in [-0.2, 0) is 13.5 Å². The lowest BCUT2D eigenvalue weighted by Gasteiger charge is -2.23. The Morgan fingerprint density at radius 2 is 2.18 bits per heavy atom. The Kier molecular flexibility index (Phi) is 5.15. The SMILES string of the molecule is CCCNCCC(C)(O)Cc1cc(C)nn1C. The number of aromatic nitrogens is 2. The van der Waals surface area contributed by atoms with Gasteiger partial charge in [-0.2, -0.15) is 5.10 Å². The summed E-state index contributed by atoms with van der Waals surface area (Å²) in [5, 5.41) is 17.9. The van der Waals surface area contributed by atoms with Gasteiger partial charge < -0.3 is 10.4 Å². The first kappa shape index (κ1) is 14.2. The van der Waals surface area contributed by atoms with Crippen molar-refractivity contribution in [1.29, 1.82) is 0 Å².